The SMILES string of the molecule is CN1CCN(C)C(c2ncc3c(n2)CC(C)(C)CC3N)C1. The van der Waals surface area contributed by atoms with Crippen LogP contribution in [0.5, 0.6) is 0 Å². The van der Waals surface area contributed by atoms with Crippen molar-refractivity contribution in [1.29, 1.82) is 0 Å². The number of fused-ring (bicyclic) bond motifs is 1. The van der Waals surface area contributed by atoms with Crippen molar-refractivity contribution in [3.8, 4) is 0 Å². The van der Waals surface area contributed by atoms with Crippen molar-refractivity contribution in [3.63, 3.8) is 0 Å². The minimum absolute atomic E-state index is 0.0737. The van der Waals surface area contributed by atoms with E-state index in [0.29, 0.717) is 0 Å². The summed E-state index contributed by atoms with van der Waals surface area (Å²) in [6.07, 6.45) is 3.98. The molecule has 0 amide bonds. The summed E-state index contributed by atoms with van der Waals surface area (Å²) in [6.45, 7) is 7.71. The van der Waals surface area contributed by atoms with Crippen molar-refractivity contribution in [3.05, 3.63) is 23.3 Å². The van der Waals surface area contributed by atoms with E-state index in [9.17, 15) is 0 Å². The smallest absolute Gasteiger partial charge is 0.146 e. The van der Waals surface area contributed by atoms with E-state index in [1.807, 2.05) is 6.20 Å². The standard InChI is InChI=1S/C16H27N5/c1-16(2)7-12(17)11-9-18-15(19-13(11)8-16)14-10-20(3)5-6-21(14)4/h9,12,14H,5-8,10,17H2,1-4H3. The Morgan fingerprint density at radius 1 is 1.29 bits per heavy atom. The fraction of sp³-hybridized carbons (Fsp3) is 0.750. The lowest BCUT2D eigenvalue weighted by Gasteiger charge is -2.38. The quantitative estimate of drug-likeness (QED) is 0.846. The molecule has 0 bridgehead atoms. The van der Waals surface area contributed by atoms with Crippen LogP contribution in [0.2, 0.25) is 0 Å². The highest BCUT2D eigenvalue weighted by atomic mass is 15.3. The van der Waals surface area contributed by atoms with Crippen LogP contribution in [0.15, 0.2) is 6.20 Å². The molecule has 5 heteroatoms. The molecule has 0 saturated carbocycles. The Hall–Kier alpha value is -1.04. The van der Waals surface area contributed by atoms with Gasteiger partial charge in [0.25, 0.3) is 0 Å². The summed E-state index contributed by atoms with van der Waals surface area (Å²) in [7, 11) is 4.33. The van der Waals surface area contributed by atoms with Gasteiger partial charge in [-0.15, -0.1) is 0 Å². The monoisotopic (exact) mass is 289 g/mol. The first-order valence-electron chi connectivity index (χ1n) is 7.86. The van der Waals surface area contributed by atoms with E-state index in [-0.39, 0.29) is 17.5 Å². The van der Waals surface area contributed by atoms with Crippen LogP contribution in [-0.4, -0.2) is 53.5 Å². The van der Waals surface area contributed by atoms with E-state index in [0.717, 1.165) is 49.6 Å². The van der Waals surface area contributed by atoms with Crippen molar-refractivity contribution in [2.45, 2.75) is 38.8 Å². The van der Waals surface area contributed by atoms with Crippen LogP contribution in [0.4, 0.5) is 0 Å². The first kappa shape index (κ1) is 14.9. The third kappa shape index (κ3) is 2.96. The van der Waals surface area contributed by atoms with E-state index in [1.165, 1.54) is 0 Å². The van der Waals surface area contributed by atoms with Gasteiger partial charge in [0.1, 0.15) is 5.82 Å². The molecule has 1 aromatic heterocycles. The fourth-order valence-corrected chi connectivity index (χ4v) is 3.57. The summed E-state index contributed by atoms with van der Waals surface area (Å²) in [6, 6.07) is 0.361. The van der Waals surface area contributed by atoms with Gasteiger partial charge in [-0.05, 0) is 32.4 Å². The molecule has 1 fully saturated rings. The Kier molecular flexibility index (Phi) is 3.76. The molecule has 2 unspecified atom stereocenters. The summed E-state index contributed by atoms with van der Waals surface area (Å²) >= 11 is 0. The molecule has 1 aromatic rings. The normalized spacial score (nSPS) is 30.1. The molecule has 2 heterocycles. The molecule has 5 nitrogen and oxygen atoms in total. The Labute approximate surface area is 127 Å². The van der Waals surface area contributed by atoms with Crippen LogP contribution in [0, 0.1) is 5.41 Å². The Morgan fingerprint density at radius 2 is 2.05 bits per heavy atom. The first-order chi connectivity index (χ1) is 9.85. The van der Waals surface area contributed by atoms with E-state index < -0.39 is 0 Å². The first-order valence-corrected chi connectivity index (χ1v) is 7.86. The Bertz CT molecular complexity index is 527. The van der Waals surface area contributed by atoms with E-state index in [2.05, 4.69) is 42.7 Å². The molecule has 21 heavy (non-hydrogen) atoms. The second-order valence-electron chi connectivity index (χ2n) is 7.54. The molecule has 1 aliphatic carbocycles. The Balaban J connectivity index is 1.92. The third-order valence-corrected chi connectivity index (χ3v) is 4.89. The maximum absolute atomic E-state index is 6.30. The number of hydrogen-bond acceptors (Lipinski definition) is 5. The molecule has 0 radical (unpaired) electrons. The maximum Gasteiger partial charge on any atom is 0.146 e. The Morgan fingerprint density at radius 3 is 2.81 bits per heavy atom. The molecular formula is C16H27N5. The van der Waals surface area contributed by atoms with Gasteiger partial charge in [-0.1, -0.05) is 13.8 Å². The van der Waals surface area contributed by atoms with E-state index in [4.69, 9.17) is 10.7 Å². The van der Waals surface area contributed by atoms with Crippen molar-refractivity contribution in [1.82, 2.24) is 19.8 Å². The van der Waals surface area contributed by atoms with Crippen molar-refractivity contribution < 1.29 is 0 Å². The number of hydrogen-bond donors (Lipinski definition) is 1. The van der Waals surface area contributed by atoms with Gasteiger partial charge >= 0.3 is 0 Å². The molecule has 2 atom stereocenters. The molecule has 116 valence electrons. The zero-order valence-electron chi connectivity index (χ0n) is 13.6. The van der Waals surface area contributed by atoms with Gasteiger partial charge in [-0.25, -0.2) is 9.97 Å². The zero-order chi connectivity index (χ0) is 15.2. The maximum atomic E-state index is 6.30. The van der Waals surface area contributed by atoms with Crippen molar-refractivity contribution in [2.24, 2.45) is 11.1 Å². The lowest BCUT2D eigenvalue weighted by atomic mass is 9.74. The molecule has 2 aliphatic rings. The molecule has 0 aromatic carbocycles. The lowest BCUT2D eigenvalue weighted by molar-refractivity contribution is 0.109. The highest BCUT2D eigenvalue weighted by Crippen LogP contribution is 2.38. The number of nitrogens with two attached hydrogens (primary N) is 1. The van der Waals surface area contributed by atoms with Crippen LogP contribution in [0.1, 0.15) is 49.4 Å². The fourth-order valence-electron chi connectivity index (χ4n) is 3.57. The van der Waals surface area contributed by atoms with Gasteiger partial charge in [0, 0.05) is 43.1 Å². The predicted molar refractivity (Wildman–Crippen MR) is 83.9 cm³/mol. The number of rotatable bonds is 1. The average Bonchev–Trinajstić information content (AvgIpc) is 2.39. The van der Waals surface area contributed by atoms with E-state index >= 15 is 0 Å². The van der Waals surface area contributed by atoms with Gasteiger partial charge in [0.05, 0.1) is 6.04 Å². The molecule has 2 N–H and O–H groups in total. The molecule has 3 rings (SSSR count). The molecule has 0 spiro atoms. The second-order valence-corrected chi connectivity index (χ2v) is 7.54. The summed E-state index contributed by atoms with van der Waals surface area (Å²) in [5.74, 6) is 0.952. The van der Waals surface area contributed by atoms with Crippen LogP contribution in [0.3, 0.4) is 0 Å². The summed E-state index contributed by atoms with van der Waals surface area (Å²) in [4.78, 5) is 14.3. The topological polar surface area (TPSA) is 58.3 Å². The van der Waals surface area contributed by atoms with Crippen LogP contribution >= 0.6 is 0 Å². The van der Waals surface area contributed by atoms with Crippen LogP contribution in [0.25, 0.3) is 0 Å². The van der Waals surface area contributed by atoms with Gasteiger partial charge in [0.2, 0.25) is 0 Å². The van der Waals surface area contributed by atoms with Gasteiger partial charge in [-0.3, -0.25) is 4.90 Å². The van der Waals surface area contributed by atoms with E-state index in [1.54, 1.807) is 0 Å². The van der Waals surface area contributed by atoms with Gasteiger partial charge in [-0.2, -0.15) is 0 Å². The summed E-state index contributed by atoms with van der Waals surface area (Å²) in [5.41, 5.74) is 8.83. The van der Waals surface area contributed by atoms with Crippen molar-refractivity contribution >= 4 is 0 Å². The number of likely N-dealkylation sites (N-methyl/N-ethyl adjacent to an activating group) is 2. The molecule has 1 aliphatic heterocycles. The van der Waals surface area contributed by atoms with Crippen LogP contribution in [-0.2, 0) is 6.42 Å². The minimum atomic E-state index is 0.0737. The highest BCUT2D eigenvalue weighted by Gasteiger charge is 2.33. The largest absolute Gasteiger partial charge is 0.324 e. The molecular weight excluding hydrogens is 262 g/mol. The van der Waals surface area contributed by atoms with Gasteiger partial charge in [0.15, 0.2) is 0 Å². The number of aromatic nitrogens is 2. The second kappa shape index (κ2) is 5.30. The molecule has 1 saturated heterocycles. The summed E-state index contributed by atoms with van der Waals surface area (Å²) in [5, 5.41) is 0. The van der Waals surface area contributed by atoms with Gasteiger partial charge < -0.3 is 10.6 Å². The highest BCUT2D eigenvalue weighted by molar-refractivity contribution is 5.27. The van der Waals surface area contributed by atoms with Crippen LogP contribution < -0.4 is 5.73 Å². The average molecular weight is 289 g/mol. The summed E-state index contributed by atoms with van der Waals surface area (Å²) < 4.78 is 0. The van der Waals surface area contributed by atoms with Crippen molar-refractivity contribution in [2.75, 3.05) is 33.7 Å². The minimum Gasteiger partial charge on any atom is -0.324 e. The predicted octanol–water partition coefficient (Wildman–Crippen LogP) is 1.37. The zero-order valence-corrected chi connectivity index (χ0v) is 13.6. The number of nitrogens with zero attached hydrogens (tertiary/aromatic N) is 4. The lowest BCUT2D eigenvalue weighted by Crippen LogP contribution is -2.45. The third-order valence-electron chi connectivity index (χ3n) is 4.89. The number of piperazine rings is 1.